The lowest BCUT2D eigenvalue weighted by atomic mass is 9.83. The van der Waals surface area contributed by atoms with Crippen LogP contribution < -0.4 is 10.1 Å². The molecule has 1 aromatic rings. The first-order chi connectivity index (χ1) is 11.2. The van der Waals surface area contributed by atoms with Crippen molar-refractivity contribution >= 4 is 29.9 Å². The molecule has 0 saturated heterocycles. The van der Waals surface area contributed by atoms with Crippen LogP contribution in [0.15, 0.2) is 29.5 Å². The summed E-state index contributed by atoms with van der Waals surface area (Å²) in [7, 11) is 3.96. The topological polar surface area (TPSA) is 49.8 Å². The minimum absolute atomic E-state index is 0. The summed E-state index contributed by atoms with van der Waals surface area (Å²) in [6.07, 6.45) is 8.88. The lowest BCUT2D eigenvalue weighted by molar-refractivity contribution is 0.249. The second kappa shape index (κ2) is 11.5. The second-order valence-corrected chi connectivity index (χ2v) is 6.52. The van der Waals surface area contributed by atoms with Crippen LogP contribution in [0.5, 0.6) is 5.75 Å². The molecule has 1 N–H and O–H groups in total. The van der Waals surface area contributed by atoms with Gasteiger partial charge < -0.3 is 15.0 Å². The minimum Gasteiger partial charge on any atom is -0.490 e. The van der Waals surface area contributed by atoms with Crippen molar-refractivity contribution < 1.29 is 4.74 Å². The number of nitrogens with one attached hydrogen (secondary N) is 1. The fourth-order valence-electron chi connectivity index (χ4n) is 3.13. The lowest BCUT2D eigenvalue weighted by Gasteiger charge is -2.31. The number of hydrogen-bond donors (Lipinski definition) is 1. The molecule has 0 amide bonds. The average Bonchev–Trinajstić information content (AvgIpc) is 2.58. The van der Waals surface area contributed by atoms with E-state index in [0.29, 0.717) is 6.61 Å². The first-order valence-electron chi connectivity index (χ1n) is 8.63. The number of halogens is 1. The molecule has 1 aliphatic carbocycles. The van der Waals surface area contributed by atoms with E-state index in [2.05, 4.69) is 34.2 Å². The minimum atomic E-state index is 0. The molecule has 0 atom stereocenters. The van der Waals surface area contributed by atoms with Gasteiger partial charge in [-0.2, -0.15) is 0 Å². The van der Waals surface area contributed by atoms with Crippen LogP contribution in [-0.2, 0) is 0 Å². The summed E-state index contributed by atoms with van der Waals surface area (Å²) < 4.78 is 5.64. The molecule has 1 saturated carbocycles. The molecule has 24 heavy (non-hydrogen) atoms. The molecule has 1 fully saturated rings. The van der Waals surface area contributed by atoms with Crippen molar-refractivity contribution in [2.75, 3.05) is 33.8 Å². The zero-order valence-electron chi connectivity index (χ0n) is 15.1. The van der Waals surface area contributed by atoms with Crippen LogP contribution in [-0.4, -0.2) is 49.6 Å². The number of ether oxygens (including phenoxy) is 1. The summed E-state index contributed by atoms with van der Waals surface area (Å²) in [6, 6.07) is 3.79. The highest BCUT2D eigenvalue weighted by Gasteiger charge is 2.20. The first kappa shape index (κ1) is 21.0. The highest BCUT2D eigenvalue weighted by Crippen LogP contribution is 2.28. The van der Waals surface area contributed by atoms with E-state index in [1.165, 1.54) is 25.7 Å². The standard InChI is InChI=1S/C18H30N4O.HI/c1-15-6-8-16(9-7-15)14-22(3)18(19-2)21-11-12-23-17-5-4-10-20-13-17;/h4-5,10,13,15-16H,6-9,11-12,14H2,1-3H3,(H,19,21);1H. The second-order valence-electron chi connectivity index (χ2n) is 6.52. The molecule has 0 aliphatic heterocycles. The summed E-state index contributed by atoms with van der Waals surface area (Å²) in [6.45, 7) is 4.77. The van der Waals surface area contributed by atoms with E-state index in [4.69, 9.17) is 4.74 Å². The Balaban J connectivity index is 0.00000288. The molecule has 2 rings (SSSR count). The van der Waals surface area contributed by atoms with Gasteiger partial charge >= 0.3 is 0 Å². The molecule has 5 nitrogen and oxygen atoms in total. The zero-order valence-corrected chi connectivity index (χ0v) is 17.4. The normalized spacial score (nSPS) is 20.9. The highest BCUT2D eigenvalue weighted by molar-refractivity contribution is 14.0. The predicted molar refractivity (Wildman–Crippen MR) is 110 cm³/mol. The van der Waals surface area contributed by atoms with Gasteiger partial charge in [0.15, 0.2) is 5.96 Å². The van der Waals surface area contributed by atoms with E-state index in [-0.39, 0.29) is 24.0 Å². The third kappa shape index (κ3) is 7.23. The van der Waals surface area contributed by atoms with Gasteiger partial charge in [-0.05, 0) is 36.8 Å². The van der Waals surface area contributed by atoms with Gasteiger partial charge in [0.25, 0.3) is 0 Å². The maximum absolute atomic E-state index is 5.64. The summed E-state index contributed by atoms with van der Waals surface area (Å²) in [4.78, 5) is 10.7. The molecule has 0 bridgehead atoms. The van der Waals surface area contributed by atoms with Crippen LogP contribution in [0.25, 0.3) is 0 Å². The molecule has 6 heteroatoms. The lowest BCUT2D eigenvalue weighted by Crippen LogP contribution is -2.43. The van der Waals surface area contributed by atoms with Gasteiger partial charge in [-0.15, -0.1) is 24.0 Å². The van der Waals surface area contributed by atoms with Gasteiger partial charge in [-0.25, -0.2) is 0 Å². The summed E-state index contributed by atoms with van der Waals surface area (Å²) >= 11 is 0. The van der Waals surface area contributed by atoms with Crippen LogP contribution in [0, 0.1) is 11.8 Å². The van der Waals surface area contributed by atoms with Crippen molar-refractivity contribution in [3.8, 4) is 5.75 Å². The maximum Gasteiger partial charge on any atom is 0.193 e. The summed E-state index contributed by atoms with van der Waals surface area (Å²) in [5, 5.41) is 3.37. The SMILES string of the molecule is CN=C(NCCOc1cccnc1)N(C)CC1CCC(C)CC1.I. The van der Waals surface area contributed by atoms with Crippen LogP contribution >= 0.6 is 24.0 Å². The number of pyridine rings is 1. The Bertz CT molecular complexity index is 475. The molecule has 0 aromatic carbocycles. The number of aliphatic imine (C=N–C) groups is 1. The van der Waals surface area contributed by atoms with Gasteiger partial charge in [0.05, 0.1) is 12.7 Å². The van der Waals surface area contributed by atoms with Gasteiger partial charge in [0, 0.05) is 26.8 Å². The quantitative estimate of drug-likeness (QED) is 0.315. The number of rotatable bonds is 6. The predicted octanol–water partition coefficient (Wildman–Crippen LogP) is 3.41. The van der Waals surface area contributed by atoms with Crippen molar-refractivity contribution in [3.05, 3.63) is 24.5 Å². The molecular weight excluding hydrogens is 415 g/mol. The van der Waals surface area contributed by atoms with Gasteiger partial charge in [0.2, 0.25) is 0 Å². The Kier molecular flexibility index (Phi) is 10.1. The van der Waals surface area contributed by atoms with Gasteiger partial charge in [-0.1, -0.05) is 19.8 Å². The van der Waals surface area contributed by atoms with E-state index < -0.39 is 0 Å². The summed E-state index contributed by atoms with van der Waals surface area (Å²) in [5.74, 6) is 3.44. The van der Waals surface area contributed by atoms with Crippen molar-refractivity contribution in [1.82, 2.24) is 15.2 Å². The van der Waals surface area contributed by atoms with Crippen LogP contribution in [0.2, 0.25) is 0 Å². The molecule has 0 spiro atoms. The van der Waals surface area contributed by atoms with Crippen molar-refractivity contribution in [2.24, 2.45) is 16.8 Å². The zero-order chi connectivity index (χ0) is 16.5. The summed E-state index contributed by atoms with van der Waals surface area (Å²) in [5.41, 5.74) is 0. The van der Waals surface area contributed by atoms with Crippen LogP contribution in [0.4, 0.5) is 0 Å². The first-order valence-corrected chi connectivity index (χ1v) is 8.63. The number of nitrogens with zero attached hydrogens (tertiary/aromatic N) is 3. The molecule has 1 aromatic heterocycles. The number of hydrogen-bond acceptors (Lipinski definition) is 3. The molecular formula is C18H31IN4O. The van der Waals surface area contributed by atoms with Crippen molar-refractivity contribution in [2.45, 2.75) is 32.6 Å². The fraction of sp³-hybridized carbons (Fsp3) is 0.667. The van der Waals surface area contributed by atoms with E-state index in [9.17, 15) is 0 Å². The maximum atomic E-state index is 5.64. The van der Waals surface area contributed by atoms with Crippen molar-refractivity contribution in [3.63, 3.8) is 0 Å². The number of guanidine groups is 1. The van der Waals surface area contributed by atoms with E-state index >= 15 is 0 Å². The smallest absolute Gasteiger partial charge is 0.193 e. The highest BCUT2D eigenvalue weighted by atomic mass is 127. The molecule has 1 aliphatic rings. The van der Waals surface area contributed by atoms with Crippen molar-refractivity contribution in [1.29, 1.82) is 0 Å². The molecule has 0 radical (unpaired) electrons. The monoisotopic (exact) mass is 446 g/mol. The largest absolute Gasteiger partial charge is 0.490 e. The van der Waals surface area contributed by atoms with Gasteiger partial charge in [0.1, 0.15) is 12.4 Å². The molecule has 0 unspecified atom stereocenters. The van der Waals surface area contributed by atoms with E-state index in [1.807, 2.05) is 19.2 Å². The third-order valence-corrected chi connectivity index (χ3v) is 4.53. The number of aromatic nitrogens is 1. The average molecular weight is 446 g/mol. The van der Waals surface area contributed by atoms with Crippen LogP contribution in [0.1, 0.15) is 32.6 Å². The Hall–Kier alpha value is -1.05. The molecule has 136 valence electrons. The van der Waals surface area contributed by atoms with Gasteiger partial charge in [-0.3, -0.25) is 9.98 Å². The Morgan fingerprint density at radius 1 is 1.38 bits per heavy atom. The third-order valence-electron chi connectivity index (χ3n) is 4.53. The Labute approximate surface area is 163 Å². The van der Waals surface area contributed by atoms with E-state index in [1.54, 1.807) is 12.4 Å². The molecule has 1 heterocycles. The fourth-order valence-corrected chi connectivity index (χ4v) is 3.13. The Morgan fingerprint density at radius 2 is 2.12 bits per heavy atom. The van der Waals surface area contributed by atoms with Crippen LogP contribution in [0.3, 0.4) is 0 Å². The Morgan fingerprint density at radius 3 is 2.75 bits per heavy atom. The van der Waals surface area contributed by atoms with E-state index in [0.717, 1.165) is 36.6 Å².